The fourth-order valence-corrected chi connectivity index (χ4v) is 2.48. The minimum absolute atomic E-state index is 0.611. The summed E-state index contributed by atoms with van der Waals surface area (Å²) in [5.74, 6) is 0.901. The van der Waals surface area contributed by atoms with Crippen molar-refractivity contribution in [2.45, 2.75) is 4.84 Å². The van der Waals surface area contributed by atoms with Crippen LogP contribution in [0.15, 0.2) is 18.5 Å². The molecule has 102 valence electrons. The summed E-state index contributed by atoms with van der Waals surface area (Å²) in [5, 5.41) is 0. The number of likely N-dealkylation sites (N-methyl/N-ethyl adjacent to an activating group) is 1. The minimum Gasteiger partial charge on any atom is -0.339 e. The van der Waals surface area contributed by atoms with Crippen LogP contribution < -0.4 is 4.90 Å². The molecule has 0 atom stereocenters. The van der Waals surface area contributed by atoms with Crippen LogP contribution in [0, 0.1) is 0 Å². The molecule has 0 aromatic carbocycles. The van der Waals surface area contributed by atoms with Crippen LogP contribution in [0.4, 0.5) is 5.95 Å². The SMILES string of the molecule is CN1CCN(c2nccc3nc(C(Cl)Cl)cn23)CC1. The van der Waals surface area contributed by atoms with Gasteiger partial charge in [0.15, 0.2) is 4.84 Å². The molecule has 1 fully saturated rings. The van der Waals surface area contributed by atoms with Crippen LogP contribution >= 0.6 is 23.2 Å². The Morgan fingerprint density at radius 2 is 1.95 bits per heavy atom. The highest BCUT2D eigenvalue weighted by Gasteiger charge is 2.19. The molecular formula is C12H15Cl2N5. The summed E-state index contributed by atoms with van der Waals surface area (Å²) in [6, 6.07) is 1.86. The molecule has 3 heterocycles. The maximum absolute atomic E-state index is 5.88. The van der Waals surface area contributed by atoms with Crippen LogP contribution in [0.3, 0.4) is 0 Å². The van der Waals surface area contributed by atoms with E-state index in [2.05, 4.69) is 26.8 Å². The van der Waals surface area contributed by atoms with E-state index in [1.165, 1.54) is 0 Å². The van der Waals surface area contributed by atoms with E-state index in [9.17, 15) is 0 Å². The summed E-state index contributed by atoms with van der Waals surface area (Å²) in [7, 11) is 2.13. The van der Waals surface area contributed by atoms with Gasteiger partial charge in [-0.15, -0.1) is 0 Å². The first kappa shape index (κ1) is 13.0. The quantitative estimate of drug-likeness (QED) is 0.795. The van der Waals surface area contributed by atoms with Crippen molar-refractivity contribution in [3.8, 4) is 0 Å². The Balaban J connectivity index is 1.98. The molecule has 1 aliphatic heterocycles. The van der Waals surface area contributed by atoms with Gasteiger partial charge in [-0.3, -0.25) is 4.40 Å². The number of hydrogen-bond acceptors (Lipinski definition) is 4. The number of imidazole rings is 1. The lowest BCUT2D eigenvalue weighted by atomic mass is 10.3. The molecule has 0 bridgehead atoms. The predicted octanol–water partition coefficient (Wildman–Crippen LogP) is 1.96. The largest absolute Gasteiger partial charge is 0.339 e. The highest BCUT2D eigenvalue weighted by atomic mass is 35.5. The lowest BCUT2D eigenvalue weighted by Gasteiger charge is -2.33. The van der Waals surface area contributed by atoms with E-state index in [1.807, 2.05) is 16.7 Å². The number of piperazine rings is 1. The number of halogens is 2. The van der Waals surface area contributed by atoms with Crippen LogP contribution in [0.1, 0.15) is 10.5 Å². The average molecular weight is 300 g/mol. The van der Waals surface area contributed by atoms with Crippen molar-refractivity contribution in [1.29, 1.82) is 0 Å². The Bertz CT molecular complexity index is 575. The summed E-state index contributed by atoms with van der Waals surface area (Å²) in [6.45, 7) is 3.99. The maximum Gasteiger partial charge on any atom is 0.211 e. The topological polar surface area (TPSA) is 36.7 Å². The number of anilines is 1. The first-order valence-corrected chi connectivity index (χ1v) is 7.08. The zero-order valence-corrected chi connectivity index (χ0v) is 12.1. The molecule has 0 radical (unpaired) electrons. The summed E-state index contributed by atoms with van der Waals surface area (Å²) in [5.41, 5.74) is 1.48. The zero-order chi connectivity index (χ0) is 13.4. The molecule has 0 saturated carbocycles. The number of fused-ring (bicyclic) bond motifs is 1. The van der Waals surface area contributed by atoms with Gasteiger partial charge in [-0.2, -0.15) is 0 Å². The third kappa shape index (κ3) is 2.50. The van der Waals surface area contributed by atoms with Gasteiger partial charge in [0.1, 0.15) is 5.65 Å². The lowest BCUT2D eigenvalue weighted by molar-refractivity contribution is 0.311. The average Bonchev–Trinajstić information content (AvgIpc) is 2.83. The molecular weight excluding hydrogens is 285 g/mol. The van der Waals surface area contributed by atoms with E-state index in [0.717, 1.165) is 37.8 Å². The highest BCUT2D eigenvalue weighted by molar-refractivity contribution is 6.43. The van der Waals surface area contributed by atoms with E-state index in [1.54, 1.807) is 6.20 Å². The summed E-state index contributed by atoms with van der Waals surface area (Å²) < 4.78 is 1.96. The van der Waals surface area contributed by atoms with Crippen molar-refractivity contribution in [2.24, 2.45) is 0 Å². The molecule has 7 heteroatoms. The van der Waals surface area contributed by atoms with E-state index in [-0.39, 0.29) is 0 Å². The molecule has 0 aliphatic carbocycles. The Labute approximate surface area is 121 Å². The zero-order valence-electron chi connectivity index (χ0n) is 10.6. The summed E-state index contributed by atoms with van der Waals surface area (Å²) in [4.78, 5) is 12.8. The van der Waals surface area contributed by atoms with Crippen molar-refractivity contribution in [1.82, 2.24) is 19.3 Å². The van der Waals surface area contributed by atoms with Gasteiger partial charge in [0.25, 0.3) is 0 Å². The molecule has 0 N–H and O–H groups in total. The third-order valence-electron chi connectivity index (χ3n) is 3.39. The molecule has 1 aliphatic rings. The Morgan fingerprint density at radius 1 is 1.21 bits per heavy atom. The van der Waals surface area contributed by atoms with E-state index < -0.39 is 4.84 Å². The van der Waals surface area contributed by atoms with Gasteiger partial charge >= 0.3 is 0 Å². The molecule has 2 aromatic heterocycles. The molecule has 0 spiro atoms. The first-order chi connectivity index (χ1) is 9.15. The van der Waals surface area contributed by atoms with Crippen molar-refractivity contribution < 1.29 is 0 Å². The first-order valence-electron chi connectivity index (χ1n) is 6.21. The van der Waals surface area contributed by atoms with E-state index in [4.69, 9.17) is 23.2 Å². The fourth-order valence-electron chi connectivity index (χ4n) is 2.27. The number of hydrogen-bond donors (Lipinski definition) is 0. The monoisotopic (exact) mass is 299 g/mol. The van der Waals surface area contributed by atoms with Gasteiger partial charge in [-0.1, -0.05) is 23.2 Å². The summed E-state index contributed by atoms with van der Waals surface area (Å²) in [6.07, 6.45) is 3.64. The second-order valence-electron chi connectivity index (χ2n) is 4.73. The molecule has 0 amide bonds. The van der Waals surface area contributed by atoms with Gasteiger partial charge in [-0.25, -0.2) is 9.97 Å². The Morgan fingerprint density at radius 3 is 2.63 bits per heavy atom. The normalized spacial score (nSPS) is 17.6. The van der Waals surface area contributed by atoms with Crippen LogP contribution in [-0.4, -0.2) is 52.5 Å². The molecule has 3 rings (SSSR count). The van der Waals surface area contributed by atoms with Gasteiger partial charge in [0.2, 0.25) is 5.95 Å². The standard InChI is InChI=1S/C12H15Cl2N5/c1-17-4-6-18(7-5-17)12-15-3-2-10-16-9(11(13)14)8-19(10)12/h2-3,8,11H,4-7H2,1H3. The number of nitrogens with zero attached hydrogens (tertiary/aromatic N) is 5. The molecule has 19 heavy (non-hydrogen) atoms. The van der Waals surface area contributed by atoms with Crippen LogP contribution in [0.25, 0.3) is 5.65 Å². The van der Waals surface area contributed by atoms with Crippen LogP contribution in [0.2, 0.25) is 0 Å². The molecule has 2 aromatic rings. The number of rotatable bonds is 2. The van der Waals surface area contributed by atoms with Gasteiger partial charge in [0.05, 0.1) is 5.69 Å². The molecule has 0 unspecified atom stereocenters. The second kappa shape index (κ2) is 5.15. The van der Waals surface area contributed by atoms with E-state index in [0.29, 0.717) is 5.69 Å². The van der Waals surface area contributed by atoms with Crippen molar-refractivity contribution in [3.63, 3.8) is 0 Å². The third-order valence-corrected chi connectivity index (χ3v) is 3.84. The van der Waals surface area contributed by atoms with Crippen molar-refractivity contribution in [3.05, 3.63) is 24.2 Å². The van der Waals surface area contributed by atoms with E-state index >= 15 is 0 Å². The molecule has 1 saturated heterocycles. The maximum atomic E-state index is 5.88. The highest BCUT2D eigenvalue weighted by Crippen LogP contribution is 2.25. The Hall–Kier alpha value is -1.04. The van der Waals surface area contributed by atoms with Crippen LogP contribution in [0.5, 0.6) is 0 Å². The van der Waals surface area contributed by atoms with Crippen LogP contribution in [-0.2, 0) is 0 Å². The lowest BCUT2D eigenvalue weighted by Crippen LogP contribution is -2.45. The number of alkyl halides is 2. The number of aromatic nitrogens is 3. The molecule has 5 nitrogen and oxygen atoms in total. The van der Waals surface area contributed by atoms with Crippen molar-refractivity contribution in [2.75, 3.05) is 38.1 Å². The van der Waals surface area contributed by atoms with Gasteiger partial charge in [-0.05, 0) is 13.1 Å². The smallest absolute Gasteiger partial charge is 0.211 e. The fraction of sp³-hybridized carbons (Fsp3) is 0.500. The predicted molar refractivity (Wildman–Crippen MR) is 77.1 cm³/mol. The van der Waals surface area contributed by atoms with Gasteiger partial charge in [0, 0.05) is 38.6 Å². The summed E-state index contributed by atoms with van der Waals surface area (Å²) >= 11 is 11.8. The van der Waals surface area contributed by atoms with Gasteiger partial charge < -0.3 is 9.80 Å². The Kier molecular flexibility index (Phi) is 3.52. The minimum atomic E-state index is -0.611. The van der Waals surface area contributed by atoms with Crippen molar-refractivity contribution >= 4 is 34.8 Å². The second-order valence-corrected chi connectivity index (χ2v) is 5.83.